The summed E-state index contributed by atoms with van der Waals surface area (Å²) in [4.78, 5) is 35.8. The lowest BCUT2D eigenvalue weighted by atomic mass is 10.1. The maximum atomic E-state index is 12.4. The zero-order valence-electron chi connectivity index (χ0n) is 14.0. The molecule has 0 saturated heterocycles. The van der Waals surface area contributed by atoms with Crippen LogP contribution in [0.25, 0.3) is 11.1 Å². The van der Waals surface area contributed by atoms with Gasteiger partial charge in [0.1, 0.15) is 6.54 Å². The van der Waals surface area contributed by atoms with Crippen LogP contribution in [0.4, 0.5) is 5.69 Å². The number of nitrogens with one attached hydrogen (secondary N) is 1. The first kappa shape index (κ1) is 16.7. The van der Waals surface area contributed by atoms with Gasteiger partial charge in [0.2, 0.25) is 5.91 Å². The Labute approximate surface area is 144 Å². The van der Waals surface area contributed by atoms with E-state index in [1.807, 2.05) is 31.2 Å². The molecule has 0 aliphatic rings. The summed E-state index contributed by atoms with van der Waals surface area (Å²) in [6, 6.07) is 12.3. The van der Waals surface area contributed by atoms with Crippen LogP contribution in [0.2, 0.25) is 0 Å². The van der Waals surface area contributed by atoms with Crippen LogP contribution in [0, 0.1) is 0 Å². The highest BCUT2D eigenvalue weighted by Crippen LogP contribution is 2.17. The Bertz CT molecular complexity index is 1010. The Morgan fingerprint density at radius 1 is 1.16 bits per heavy atom. The summed E-state index contributed by atoms with van der Waals surface area (Å²) < 4.78 is 6.41. The molecule has 0 radical (unpaired) electrons. The van der Waals surface area contributed by atoms with Crippen LogP contribution in [0.1, 0.15) is 29.8 Å². The highest BCUT2D eigenvalue weighted by Gasteiger charge is 2.15. The van der Waals surface area contributed by atoms with Crippen molar-refractivity contribution in [2.75, 3.05) is 5.32 Å². The number of amides is 1. The Balaban J connectivity index is 1.87. The van der Waals surface area contributed by atoms with Crippen LogP contribution in [-0.4, -0.2) is 16.3 Å². The third kappa shape index (κ3) is 3.38. The maximum absolute atomic E-state index is 12.4. The second kappa shape index (κ2) is 6.76. The van der Waals surface area contributed by atoms with Gasteiger partial charge >= 0.3 is 5.76 Å². The minimum absolute atomic E-state index is 0.119. The van der Waals surface area contributed by atoms with E-state index in [0.29, 0.717) is 16.7 Å². The number of nitrogens with zero attached hydrogens (tertiary/aromatic N) is 1. The average Bonchev–Trinajstić information content (AvgIpc) is 2.90. The van der Waals surface area contributed by atoms with E-state index in [2.05, 4.69) is 5.32 Å². The first-order valence-corrected chi connectivity index (χ1v) is 8.01. The molecule has 0 unspecified atom stereocenters. The van der Waals surface area contributed by atoms with Gasteiger partial charge in [-0.15, -0.1) is 0 Å². The third-order valence-electron chi connectivity index (χ3n) is 4.05. The van der Waals surface area contributed by atoms with Crippen molar-refractivity contribution < 1.29 is 14.0 Å². The molecule has 1 heterocycles. The second-order valence-corrected chi connectivity index (χ2v) is 5.75. The van der Waals surface area contributed by atoms with Crippen LogP contribution >= 0.6 is 0 Å². The van der Waals surface area contributed by atoms with Crippen molar-refractivity contribution >= 4 is 28.5 Å². The number of hydrogen-bond acceptors (Lipinski definition) is 4. The molecule has 0 atom stereocenters. The molecule has 6 nitrogen and oxygen atoms in total. The third-order valence-corrected chi connectivity index (χ3v) is 4.05. The van der Waals surface area contributed by atoms with Crippen LogP contribution in [-0.2, 0) is 17.8 Å². The highest BCUT2D eigenvalue weighted by atomic mass is 16.4. The predicted octanol–water partition coefficient (Wildman–Crippen LogP) is 3.00. The van der Waals surface area contributed by atoms with E-state index in [4.69, 9.17) is 4.42 Å². The van der Waals surface area contributed by atoms with Gasteiger partial charge in [0.15, 0.2) is 11.4 Å². The fourth-order valence-electron chi connectivity index (χ4n) is 2.72. The first-order chi connectivity index (χ1) is 12.0. The lowest BCUT2D eigenvalue weighted by Crippen LogP contribution is -2.25. The highest BCUT2D eigenvalue weighted by molar-refractivity contribution is 5.97. The molecule has 0 aliphatic carbocycles. The number of para-hydroxylation sites is 1. The Morgan fingerprint density at radius 2 is 1.92 bits per heavy atom. The number of carbonyl (C=O) groups is 2. The zero-order valence-corrected chi connectivity index (χ0v) is 14.0. The van der Waals surface area contributed by atoms with Crippen LogP contribution in [0.15, 0.2) is 51.7 Å². The first-order valence-electron chi connectivity index (χ1n) is 8.01. The van der Waals surface area contributed by atoms with Gasteiger partial charge in [0, 0.05) is 11.3 Å². The van der Waals surface area contributed by atoms with E-state index in [9.17, 15) is 14.4 Å². The molecule has 0 fully saturated rings. The SMILES string of the molecule is CCc1ccccc1NC(=O)Cn1c(=O)oc2cc(C(C)=O)ccc21. The van der Waals surface area contributed by atoms with Gasteiger partial charge in [-0.05, 0) is 43.2 Å². The number of hydrogen-bond donors (Lipinski definition) is 1. The molecular formula is C19H18N2O4. The smallest absolute Gasteiger partial charge is 0.408 e. The normalized spacial score (nSPS) is 10.8. The van der Waals surface area contributed by atoms with E-state index in [-0.39, 0.29) is 18.2 Å². The molecule has 3 aromatic rings. The summed E-state index contributed by atoms with van der Waals surface area (Å²) in [5, 5.41) is 2.83. The van der Waals surface area contributed by atoms with E-state index in [0.717, 1.165) is 17.7 Å². The molecule has 0 bridgehead atoms. The molecule has 0 aliphatic heterocycles. The minimum atomic E-state index is -0.630. The van der Waals surface area contributed by atoms with Gasteiger partial charge in [0.05, 0.1) is 5.52 Å². The maximum Gasteiger partial charge on any atom is 0.420 e. The standard InChI is InChI=1S/C19H18N2O4/c1-3-13-6-4-5-7-15(13)20-18(23)11-21-16-9-8-14(12(2)22)10-17(16)25-19(21)24/h4-10H,3,11H2,1-2H3,(H,20,23). The van der Waals surface area contributed by atoms with Crippen molar-refractivity contribution in [2.45, 2.75) is 26.8 Å². The van der Waals surface area contributed by atoms with Crippen LogP contribution in [0.3, 0.4) is 0 Å². The van der Waals surface area contributed by atoms with Gasteiger partial charge in [0.25, 0.3) is 0 Å². The summed E-state index contributed by atoms with van der Waals surface area (Å²) in [7, 11) is 0. The second-order valence-electron chi connectivity index (χ2n) is 5.75. The summed E-state index contributed by atoms with van der Waals surface area (Å²) in [5.41, 5.74) is 2.98. The summed E-state index contributed by atoms with van der Waals surface area (Å²) in [6.45, 7) is 3.28. The van der Waals surface area contributed by atoms with Crippen molar-refractivity contribution in [3.05, 3.63) is 64.1 Å². The molecule has 25 heavy (non-hydrogen) atoms. The van der Waals surface area contributed by atoms with Gasteiger partial charge < -0.3 is 9.73 Å². The number of rotatable bonds is 5. The fraction of sp³-hybridized carbons (Fsp3) is 0.211. The van der Waals surface area contributed by atoms with Crippen molar-refractivity contribution in [1.82, 2.24) is 4.57 Å². The lowest BCUT2D eigenvalue weighted by Gasteiger charge is -2.09. The largest absolute Gasteiger partial charge is 0.420 e. The molecule has 3 rings (SSSR count). The number of fused-ring (bicyclic) bond motifs is 1. The Morgan fingerprint density at radius 3 is 2.64 bits per heavy atom. The van der Waals surface area contributed by atoms with E-state index in [1.54, 1.807) is 12.1 Å². The van der Waals surface area contributed by atoms with Crippen molar-refractivity contribution in [3.63, 3.8) is 0 Å². The summed E-state index contributed by atoms with van der Waals surface area (Å²) in [5.74, 6) is -1.07. The van der Waals surface area contributed by atoms with E-state index in [1.165, 1.54) is 17.6 Å². The molecule has 6 heteroatoms. The lowest BCUT2D eigenvalue weighted by molar-refractivity contribution is -0.116. The quantitative estimate of drug-likeness (QED) is 0.725. The minimum Gasteiger partial charge on any atom is -0.408 e. The number of ketones is 1. The number of aryl methyl sites for hydroxylation is 1. The molecule has 0 spiro atoms. The van der Waals surface area contributed by atoms with Gasteiger partial charge in [-0.3, -0.25) is 14.2 Å². The van der Waals surface area contributed by atoms with Gasteiger partial charge in [-0.25, -0.2) is 4.79 Å². The monoisotopic (exact) mass is 338 g/mol. The van der Waals surface area contributed by atoms with E-state index < -0.39 is 5.76 Å². The Hall–Kier alpha value is -3.15. The summed E-state index contributed by atoms with van der Waals surface area (Å²) in [6.07, 6.45) is 0.791. The molecule has 1 aromatic heterocycles. The number of Topliss-reactive ketones (excluding diaryl/α,β-unsaturated/α-hetero) is 1. The zero-order chi connectivity index (χ0) is 18.0. The molecule has 1 N–H and O–H groups in total. The van der Waals surface area contributed by atoms with Crippen LogP contribution in [0.5, 0.6) is 0 Å². The van der Waals surface area contributed by atoms with E-state index >= 15 is 0 Å². The molecule has 2 aromatic carbocycles. The number of carbonyl (C=O) groups excluding carboxylic acids is 2. The van der Waals surface area contributed by atoms with Gasteiger partial charge in [-0.2, -0.15) is 0 Å². The molecule has 0 saturated carbocycles. The molecule has 128 valence electrons. The number of benzene rings is 2. The van der Waals surface area contributed by atoms with Gasteiger partial charge in [-0.1, -0.05) is 25.1 Å². The molecular weight excluding hydrogens is 320 g/mol. The van der Waals surface area contributed by atoms with Crippen molar-refractivity contribution in [3.8, 4) is 0 Å². The average molecular weight is 338 g/mol. The number of oxazole rings is 1. The fourth-order valence-corrected chi connectivity index (χ4v) is 2.72. The van der Waals surface area contributed by atoms with Crippen molar-refractivity contribution in [1.29, 1.82) is 0 Å². The predicted molar refractivity (Wildman–Crippen MR) is 94.9 cm³/mol. The number of aromatic nitrogens is 1. The van der Waals surface area contributed by atoms with Crippen LogP contribution < -0.4 is 11.1 Å². The molecule has 1 amide bonds. The van der Waals surface area contributed by atoms with Crippen molar-refractivity contribution in [2.24, 2.45) is 0 Å². The topological polar surface area (TPSA) is 81.3 Å². The summed E-state index contributed by atoms with van der Waals surface area (Å²) >= 11 is 0. The Kier molecular flexibility index (Phi) is 4.52. The number of anilines is 1.